The van der Waals surface area contributed by atoms with E-state index in [0.717, 1.165) is 34.0 Å². The summed E-state index contributed by atoms with van der Waals surface area (Å²) in [5.41, 5.74) is 4.71. The van der Waals surface area contributed by atoms with Crippen LogP contribution in [0.15, 0.2) is 34.3 Å². The first-order valence-electron chi connectivity index (χ1n) is 6.28. The molecule has 2 rings (SSSR count). The molecule has 2 aromatic rings. The number of aliphatic carboxylic acids is 1. The van der Waals surface area contributed by atoms with E-state index in [1.54, 1.807) is 17.4 Å². The van der Waals surface area contributed by atoms with E-state index >= 15 is 0 Å². The smallest absolute Gasteiger partial charge is 0.328 e. The summed E-state index contributed by atoms with van der Waals surface area (Å²) in [5, 5.41) is 8.80. The highest BCUT2D eigenvalue weighted by molar-refractivity contribution is 9.10. The number of aromatic nitrogens is 1. The molecule has 1 aromatic heterocycles. The van der Waals surface area contributed by atoms with Gasteiger partial charge in [-0.25, -0.2) is 9.78 Å². The van der Waals surface area contributed by atoms with Crippen molar-refractivity contribution >= 4 is 45.0 Å². The van der Waals surface area contributed by atoms with E-state index in [1.807, 2.05) is 37.7 Å². The van der Waals surface area contributed by atoms with Gasteiger partial charge in [0.25, 0.3) is 0 Å². The van der Waals surface area contributed by atoms with Crippen LogP contribution in [0.3, 0.4) is 0 Å². The van der Waals surface area contributed by atoms with Crippen LogP contribution in [0, 0.1) is 6.92 Å². The molecule has 0 saturated heterocycles. The fraction of sp³-hybridized carbons (Fsp3) is 0.200. The van der Waals surface area contributed by atoms with Crippen LogP contribution in [0.1, 0.15) is 16.1 Å². The minimum absolute atomic E-state index is 0.742. The molecule has 1 heterocycles. The molecule has 1 aromatic carbocycles. The first kappa shape index (κ1) is 15.7. The number of carboxylic acids is 1. The van der Waals surface area contributed by atoms with Gasteiger partial charge in [-0.05, 0) is 36.8 Å². The van der Waals surface area contributed by atoms with Gasteiger partial charge in [0.15, 0.2) is 0 Å². The SMILES string of the molecule is Cc1ncsc1CN(C)c1ccc(Br)cc1/C=C/C(=O)O. The Balaban J connectivity index is 2.29. The summed E-state index contributed by atoms with van der Waals surface area (Å²) in [4.78, 5) is 18.3. The number of rotatable bonds is 5. The molecule has 0 radical (unpaired) electrons. The zero-order chi connectivity index (χ0) is 15.4. The minimum Gasteiger partial charge on any atom is -0.478 e. The Kier molecular flexibility index (Phi) is 5.14. The molecule has 0 aliphatic heterocycles. The Morgan fingerprint density at radius 3 is 2.90 bits per heavy atom. The van der Waals surface area contributed by atoms with Crippen LogP contribution in [0.4, 0.5) is 5.69 Å². The lowest BCUT2D eigenvalue weighted by Gasteiger charge is -2.21. The second kappa shape index (κ2) is 6.87. The number of carbonyl (C=O) groups is 1. The Morgan fingerprint density at radius 1 is 1.52 bits per heavy atom. The van der Waals surface area contributed by atoms with Gasteiger partial charge in [-0.2, -0.15) is 0 Å². The van der Waals surface area contributed by atoms with E-state index in [4.69, 9.17) is 5.11 Å². The van der Waals surface area contributed by atoms with Crippen molar-refractivity contribution < 1.29 is 9.90 Å². The van der Waals surface area contributed by atoms with E-state index in [0.29, 0.717) is 0 Å². The van der Waals surface area contributed by atoms with Gasteiger partial charge in [-0.3, -0.25) is 0 Å². The molecule has 0 aliphatic rings. The highest BCUT2D eigenvalue weighted by Gasteiger charge is 2.10. The Hall–Kier alpha value is -1.66. The lowest BCUT2D eigenvalue weighted by Crippen LogP contribution is -2.17. The van der Waals surface area contributed by atoms with Crippen molar-refractivity contribution in [1.82, 2.24) is 4.98 Å². The van der Waals surface area contributed by atoms with Gasteiger partial charge >= 0.3 is 5.97 Å². The van der Waals surface area contributed by atoms with Crippen molar-refractivity contribution in [2.45, 2.75) is 13.5 Å². The van der Waals surface area contributed by atoms with E-state index in [1.165, 1.54) is 4.88 Å². The number of anilines is 1. The molecular weight excluding hydrogens is 352 g/mol. The van der Waals surface area contributed by atoms with Gasteiger partial charge in [0.05, 0.1) is 17.7 Å². The molecule has 4 nitrogen and oxygen atoms in total. The Labute approximate surface area is 135 Å². The number of aryl methyl sites for hydroxylation is 1. The number of halogens is 1. The van der Waals surface area contributed by atoms with Crippen LogP contribution < -0.4 is 4.90 Å². The van der Waals surface area contributed by atoms with Gasteiger partial charge in [0, 0.05) is 28.2 Å². The Morgan fingerprint density at radius 2 is 2.29 bits per heavy atom. The van der Waals surface area contributed by atoms with Crippen molar-refractivity contribution in [3.05, 3.63) is 50.4 Å². The predicted molar refractivity (Wildman–Crippen MR) is 89.8 cm³/mol. The lowest BCUT2D eigenvalue weighted by molar-refractivity contribution is -0.131. The maximum absolute atomic E-state index is 10.7. The van der Waals surface area contributed by atoms with Crippen LogP contribution in [-0.2, 0) is 11.3 Å². The first-order valence-corrected chi connectivity index (χ1v) is 7.95. The van der Waals surface area contributed by atoms with Crippen molar-refractivity contribution in [2.24, 2.45) is 0 Å². The van der Waals surface area contributed by atoms with Crippen LogP contribution in [-0.4, -0.2) is 23.1 Å². The monoisotopic (exact) mass is 366 g/mol. The highest BCUT2D eigenvalue weighted by Crippen LogP contribution is 2.27. The summed E-state index contributed by atoms with van der Waals surface area (Å²) >= 11 is 5.04. The molecule has 0 bridgehead atoms. The van der Waals surface area contributed by atoms with E-state index in [9.17, 15) is 4.79 Å². The fourth-order valence-electron chi connectivity index (χ4n) is 1.95. The number of carboxylic acid groups (broad SMARTS) is 1. The zero-order valence-electron chi connectivity index (χ0n) is 11.7. The lowest BCUT2D eigenvalue weighted by atomic mass is 10.1. The maximum atomic E-state index is 10.7. The van der Waals surface area contributed by atoms with Crippen LogP contribution in [0.5, 0.6) is 0 Å². The van der Waals surface area contributed by atoms with Gasteiger partial charge in [-0.15, -0.1) is 11.3 Å². The molecule has 0 spiro atoms. The van der Waals surface area contributed by atoms with Crippen LogP contribution >= 0.6 is 27.3 Å². The number of nitrogens with zero attached hydrogens (tertiary/aromatic N) is 2. The third kappa shape index (κ3) is 4.15. The predicted octanol–water partition coefficient (Wildman–Crippen LogP) is 3.95. The molecule has 0 fully saturated rings. The van der Waals surface area contributed by atoms with Gasteiger partial charge in [0.1, 0.15) is 0 Å². The topological polar surface area (TPSA) is 53.4 Å². The zero-order valence-corrected chi connectivity index (χ0v) is 14.1. The second-order valence-electron chi connectivity index (χ2n) is 4.59. The molecule has 6 heteroatoms. The summed E-state index contributed by atoms with van der Waals surface area (Å²) in [6, 6.07) is 5.83. The molecule has 0 unspecified atom stereocenters. The summed E-state index contributed by atoms with van der Waals surface area (Å²) in [5.74, 6) is -0.957. The first-order chi connectivity index (χ1) is 9.97. The van der Waals surface area contributed by atoms with Gasteiger partial charge in [0.2, 0.25) is 0 Å². The summed E-state index contributed by atoms with van der Waals surface area (Å²) in [7, 11) is 1.99. The van der Waals surface area contributed by atoms with Gasteiger partial charge < -0.3 is 10.0 Å². The normalized spacial score (nSPS) is 11.0. The summed E-state index contributed by atoms with van der Waals surface area (Å²) in [6.45, 7) is 2.73. The third-order valence-electron chi connectivity index (χ3n) is 3.03. The van der Waals surface area contributed by atoms with Crippen LogP contribution in [0.25, 0.3) is 6.08 Å². The molecular formula is C15H15BrN2O2S. The molecule has 1 N–H and O–H groups in total. The van der Waals surface area contributed by atoms with E-state index in [-0.39, 0.29) is 0 Å². The van der Waals surface area contributed by atoms with E-state index < -0.39 is 5.97 Å². The molecule has 0 saturated carbocycles. The van der Waals surface area contributed by atoms with Crippen molar-refractivity contribution in [2.75, 3.05) is 11.9 Å². The summed E-state index contributed by atoms with van der Waals surface area (Å²) in [6.07, 6.45) is 2.76. The number of hydrogen-bond acceptors (Lipinski definition) is 4. The second-order valence-corrected chi connectivity index (χ2v) is 6.45. The van der Waals surface area contributed by atoms with Crippen molar-refractivity contribution in [3.63, 3.8) is 0 Å². The van der Waals surface area contributed by atoms with E-state index in [2.05, 4.69) is 25.8 Å². The average molecular weight is 367 g/mol. The maximum Gasteiger partial charge on any atom is 0.328 e. The fourth-order valence-corrected chi connectivity index (χ4v) is 3.15. The third-order valence-corrected chi connectivity index (χ3v) is 4.45. The number of thiazole rings is 1. The van der Waals surface area contributed by atoms with Crippen molar-refractivity contribution in [3.8, 4) is 0 Å². The van der Waals surface area contributed by atoms with Crippen LogP contribution in [0.2, 0.25) is 0 Å². The molecule has 21 heavy (non-hydrogen) atoms. The quantitative estimate of drug-likeness (QED) is 0.814. The van der Waals surface area contributed by atoms with Crippen molar-refractivity contribution in [1.29, 1.82) is 0 Å². The Bertz CT molecular complexity index is 682. The van der Waals surface area contributed by atoms with Gasteiger partial charge in [-0.1, -0.05) is 15.9 Å². The largest absolute Gasteiger partial charge is 0.478 e. The molecule has 110 valence electrons. The highest BCUT2D eigenvalue weighted by atomic mass is 79.9. The summed E-state index contributed by atoms with van der Waals surface area (Å²) < 4.78 is 0.915. The standard InChI is InChI=1S/C15H15BrN2O2S/c1-10-14(21-9-17-10)8-18(2)13-5-4-12(16)7-11(13)3-6-15(19)20/h3-7,9H,8H2,1-2H3,(H,19,20)/b6-3+. The average Bonchev–Trinajstić information content (AvgIpc) is 2.82. The number of hydrogen-bond donors (Lipinski definition) is 1. The molecule has 0 aliphatic carbocycles. The molecule has 0 atom stereocenters. The number of benzene rings is 1. The minimum atomic E-state index is -0.957. The molecule has 0 amide bonds.